The van der Waals surface area contributed by atoms with Gasteiger partial charge in [0.15, 0.2) is 0 Å². The summed E-state index contributed by atoms with van der Waals surface area (Å²) < 4.78 is 51.5. The molecule has 0 saturated heterocycles. The van der Waals surface area contributed by atoms with Gasteiger partial charge in [-0.2, -0.15) is 0 Å². The summed E-state index contributed by atoms with van der Waals surface area (Å²) in [6.07, 6.45) is 6.58. The van der Waals surface area contributed by atoms with Crippen LogP contribution >= 0.6 is 0 Å². The Labute approximate surface area is 481 Å². The number of benzene rings is 2. The number of hydrogen-bond donors (Lipinski definition) is 2. The zero-order chi connectivity index (χ0) is 59.0. The largest absolute Gasteiger partial charge is 0.496 e. The average molecular weight is 1150 g/mol. The number of pyridine rings is 4. The van der Waals surface area contributed by atoms with Crippen molar-refractivity contribution in [2.75, 3.05) is 80.2 Å². The van der Waals surface area contributed by atoms with Crippen LogP contribution in [0.5, 0.6) is 11.5 Å². The lowest BCUT2D eigenvalue weighted by Gasteiger charge is -2.15. The third-order valence-electron chi connectivity index (χ3n) is 14.7. The molecule has 0 fully saturated rings. The summed E-state index contributed by atoms with van der Waals surface area (Å²) in [6, 6.07) is 17.6. The van der Waals surface area contributed by atoms with Crippen molar-refractivity contribution >= 4 is 55.7 Å². The number of methoxy groups -OCH3 is 2. The van der Waals surface area contributed by atoms with Crippen LogP contribution in [0.1, 0.15) is 60.2 Å². The summed E-state index contributed by atoms with van der Waals surface area (Å²) in [5.74, 6) is 1.61. The topological polar surface area (TPSA) is 271 Å². The van der Waals surface area contributed by atoms with Crippen LogP contribution < -0.4 is 31.5 Å². The highest BCUT2D eigenvalue weighted by molar-refractivity contribution is 6.06. The van der Waals surface area contributed by atoms with Gasteiger partial charge in [0.25, 0.3) is 0 Å². The summed E-state index contributed by atoms with van der Waals surface area (Å²) in [5.41, 5.74) is 8.44. The number of carbonyl (C=O) groups is 2. The quantitative estimate of drug-likeness (QED) is 0.0514. The van der Waals surface area contributed by atoms with E-state index in [1.807, 2.05) is 102 Å². The monoisotopic (exact) mass is 1150 g/mol. The first-order valence-corrected chi connectivity index (χ1v) is 27.5. The Morgan fingerprint density at radius 1 is 0.548 bits per heavy atom. The SMILES string of the molecule is COc1cc2c(cc1-c1c(C)noc1C)ncc1c2n(C(C)c2ccccn2)c(=O)n1CC(=O)NCCOCCOCCOCCOCCNC(=O)Cn1c(=O)n(C(C)c2ccccn2)c2c3cc(OC)c(-c4c(C)noc4C)cc3ncc21. The minimum atomic E-state index is -0.491. The van der Waals surface area contributed by atoms with Gasteiger partial charge >= 0.3 is 11.4 Å². The predicted molar refractivity (Wildman–Crippen MR) is 311 cm³/mol. The van der Waals surface area contributed by atoms with Crippen LogP contribution in [0.2, 0.25) is 0 Å². The number of rotatable bonds is 27. The van der Waals surface area contributed by atoms with Gasteiger partial charge in [-0.3, -0.25) is 47.8 Å². The zero-order valence-electron chi connectivity index (χ0n) is 48.1. The van der Waals surface area contributed by atoms with Crippen LogP contribution in [0.25, 0.3) is 66.1 Å². The summed E-state index contributed by atoms with van der Waals surface area (Å²) in [4.78, 5) is 74.1. The maximum absolute atomic E-state index is 14.4. The van der Waals surface area contributed by atoms with Gasteiger partial charge in [0.1, 0.15) is 36.1 Å². The summed E-state index contributed by atoms with van der Waals surface area (Å²) >= 11 is 0. The van der Waals surface area contributed by atoms with E-state index in [-0.39, 0.29) is 51.2 Å². The van der Waals surface area contributed by atoms with Crippen molar-refractivity contribution < 1.29 is 47.1 Å². The molecule has 0 aliphatic carbocycles. The summed E-state index contributed by atoms with van der Waals surface area (Å²) in [5, 5.41) is 15.3. The number of fused-ring (bicyclic) bond motifs is 6. The molecule has 10 aromatic rings. The number of imidazole rings is 2. The highest BCUT2D eigenvalue weighted by atomic mass is 16.6. The van der Waals surface area contributed by atoms with E-state index in [0.29, 0.717) is 129 Å². The van der Waals surface area contributed by atoms with Crippen LogP contribution in [-0.2, 0) is 41.6 Å². The third kappa shape index (κ3) is 11.9. The van der Waals surface area contributed by atoms with E-state index < -0.39 is 23.5 Å². The predicted octanol–water partition coefficient (Wildman–Crippen LogP) is 6.58. The number of nitrogens with one attached hydrogen (secondary N) is 2. The fraction of sp³-hybridized carbons (Fsp3) is 0.367. The number of ether oxygens (including phenoxy) is 6. The maximum Gasteiger partial charge on any atom is 0.330 e. The molecule has 24 nitrogen and oxygen atoms in total. The first kappa shape index (κ1) is 58.1. The highest BCUT2D eigenvalue weighted by Gasteiger charge is 2.28. The molecule has 8 heterocycles. The Bertz CT molecular complexity index is 3810. The molecule has 2 unspecified atom stereocenters. The average Bonchev–Trinajstić information content (AvgIpc) is 1.94. The lowest BCUT2D eigenvalue weighted by molar-refractivity contribution is -0.122. The van der Waals surface area contributed by atoms with Crippen molar-refractivity contribution in [3.8, 4) is 33.8 Å². The Kier molecular flexibility index (Phi) is 18.0. The molecule has 0 saturated carbocycles. The Morgan fingerprint density at radius 2 is 0.940 bits per heavy atom. The third-order valence-corrected chi connectivity index (χ3v) is 14.7. The molecule has 24 heteroatoms. The Hall–Kier alpha value is -9.10. The van der Waals surface area contributed by atoms with E-state index in [2.05, 4.69) is 30.9 Å². The second-order valence-electron chi connectivity index (χ2n) is 20.0. The molecular formula is C60H66N12O12. The van der Waals surface area contributed by atoms with Crippen LogP contribution in [0.15, 0.2) is 104 Å². The Morgan fingerprint density at radius 3 is 1.29 bits per heavy atom. The van der Waals surface area contributed by atoms with Crippen LogP contribution in [-0.4, -0.2) is 140 Å². The Balaban J connectivity index is 0.652. The van der Waals surface area contributed by atoms with Crippen molar-refractivity contribution in [2.24, 2.45) is 0 Å². The van der Waals surface area contributed by atoms with E-state index in [1.165, 1.54) is 9.13 Å². The van der Waals surface area contributed by atoms with Gasteiger partial charge < -0.3 is 48.1 Å². The molecule has 0 aliphatic heterocycles. The molecular weight excluding hydrogens is 1080 g/mol. The van der Waals surface area contributed by atoms with E-state index in [9.17, 15) is 19.2 Å². The van der Waals surface area contributed by atoms with E-state index in [1.54, 1.807) is 48.1 Å². The minimum Gasteiger partial charge on any atom is -0.496 e. The fourth-order valence-corrected chi connectivity index (χ4v) is 10.6. The van der Waals surface area contributed by atoms with Crippen LogP contribution in [0.4, 0.5) is 0 Å². The molecule has 0 radical (unpaired) electrons. The lowest BCUT2D eigenvalue weighted by atomic mass is 10.00. The van der Waals surface area contributed by atoms with E-state index in [4.69, 9.17) is 47.4 Å². The van der Waals surface area contributed by atoms with Crippen LogP contribution in [0, 0.1) is 27.7 Å². The van der Waals surface area contributed by atoms with Crippen molar-refractivity contribution in [2.45, 2.75) is 66.7 Å². The summed E-state index contributed by atoms with van der Waals surface area (Å²) in [7, 11) is 3.16. The smallest absolute Gasteiger partial charge is 0.330 e. The number of carbonyl (C=O) groups excluding carboxylic acids is 2. The second kappa shape index (κ2) is 26.0. The standard InChI is InChI=1S/C60H66N12O12/c1-35-55(39(5)83-67-35)43-27-47-41(29-51(43)77-7)57-49(31-65-47)69(59(75)71(57)37(3)45-13-9-11-15-61-45)33-53(73)63-17-19-79-21-23-81-25-26-82-24-22-80-20-18-64-54(74)34-70-50-32-66-48-28-44(56-36(2)68-84-40(56)6)52(78-8)30-42(48)58(50)72(60(70)76)38(4)46-14-10-12-16-62-46/h9-16,27-32,37-38H,17-26,33-34H2,1-8H3,(H,63,73)(H,64,74). The molecule has 0 spiro atoms. The van der Waals surface area contributed by atoms with Gasteiger partial charge in [0.2, 0.25) is 11.8 Å². The fourth-order valence-electron chi connectivity index (χ4n) is 10.6. The highest BCUT2D eigenvalue weighted by Crippen LogP contribution is 2.41. The molecule has 0 bridgehead atoms. The molecule has 2 atom stereocenters. The number of aromatic nitrogens is 10. The molecule has 0 aliphatic rings. The first-order chi connectivity index (χ1) is 40.8. The van der Waals surface area contributed by atoms with Gasteiger partial charge in [-0.05, 0) is 90.1 Å². The van der Waals surface area contributed by atoms with Gasteiger partial charge in [0.05, 0.1) is 159 Å². The van der Waals surface area contributed by atoms with Gasteiger partial charge in [-0.25, -0.2) is 9.59 Å². The zero-order valence-corrected chi connectivity index (χ0v) is 48.1. The van der Waals surface area contributed by atoms with Crippen molar-refractivity contribution in [3.63, 3.8) is 0 Å². The number of hydrogen-bond acceptors (Lipinski definition) is 18. The second-order valence-corrected chi connectivity index (χ2v) is 20.0. The van der Waals surface area contributed by atoms with Crippen molar-refractivity contribution in [3.05, 3.63) is 141 Å². The minimum absolute atomic E-state index is 0.212. The van der Waals surface area contributed by atoms with Crippen molar-refractivity contribution in [1.29, 1.82) is 0 Å². The maximum atomic E-state index is 14.4. The number of aryl methyl sites for hydroxylation is 4. The molecule has 438 valence electrons. The van der Waals surface area contributed by atoms with Crippen molar-refractivity contribution in [1.82, 2.24) is 59.2 Å². The molecule has 2 N–H and O–H groups in total. The van der Waals surface area contributed by atoms with E-state index >= 15 is 0 Å². The molecule has 2 amide bonds. The molecule has 10 rings (SSSR count). The van der Waals surface area contributed by atoms with E-state index in [0.717, 1.165) is 22.3 Å². The first-order valence-electron chi connectivity index (χ1n) is 27.5. The van der Waals surface area contributed by atoms with Gasteiger partial charge in [0, 0.05) is 47.4 Å². The number of nitrogens with zero attached hydrogens (tertiary/aromatic N) is 10. The number of amides is 2. The van der Waals surface area contributed by atoms with Crippen LogP contribution in [0.3, 0.4) is 0 Å². The normalized spacial score (nSPS) is 12.4. The molecule has 84 heavy (non-hydrogen) atoms. The van der Waals surface area contributed by atoms with Gasteiger partial charge in [-0.1, -0.05) is 22.4 Å². The summed E-state index contributed by atoms with van der Waals surface area (Å²) in [6.45, 7) is 13.4. The molecule has 2 aromatic carbocycles. The molecule has 8 aromatic heterocycles. The lowest BCUT2D eigenvalue weighted by Crippen LogP contribution is -2.35. The van der Waals surface area contributed by atoms with Gasteiger partial charge in [-0.15, -0.1) is 0 Å².